The predicted molar refractivity (Wildman–Crippen MR) is 56.8 cm³/mol. The molecule has 2 fully saturated rings. The molecule has 2 atom stereocenters. The van der Waals surface area contributed by atoms with Crippen LogP contribution in [0.1, 0.15) is 0 Å². The van der Waals surface area contributed by atoms with Gasteiger partial charge in [-0.1, -0.05) is 18.2 Å². The Morgan fingerprint density at radius 2 is 1.80 bits per heavy atom. The van der Waals surface area contributed by atoms with E-state index >= 15 is 0 Å². The molecule has 0 aromatic heterocycles. The lowest BCUT2D eigenvalue weighted by molar-refractivity contribution is -0.139. The molecule has 1 saturated carbocycles. The molecule has 1 aliphatic heterocycles. The van der Waals surface area contributed by atoms with Gasteiger partial charge >= 0.3 is 5.97 Å². The molecular weight excluding hydrogens is 190 g/mol. The highest BCUT2D eigenvalue weighted by Crippen LogP contribution is 2.52. The summed E-state index contributed by atoms with van der Waals surface area (Å²) in [5.74, 6) is 0.105. The van der Waals surface area contributed by atoms with Crippen LogP contribution < -0.4 is 4.90 Å². The van der Waals surface area contributed by atoms with Crippen molar-refractivity contribution in [2.45, 2.75) is 0 Å². The first-order valence-electron chi connectivity index (χ1n) is 5.30. The van der Waals surface area contributed by atoms with Crippen molar-refractivity contribution < 1.29 is 9.90 Å². The minimum atomic E-state index is -0.613. The van der Waals surface area contributed by atoms with E-state index < -0.39 is 5.97 Å². The fourth-order valence-electron chi connectivity index (χ4n) is 2.74. The summed E-state index contributed by atoms with van der Waals surface area (Å²) in [6, 6.07) is 10.2. The van der Waals surface area contributed by atoms with Crippen LogP contribution in [-0.2, 0) is 4.79 Å². The molecule has 3 rings (SSSR count). The Kier molecular flexibility index (Phi) is 1.75. The van der Waals surface area contributed by atoms with E-state index in [0.29, 0.717) is 11.8 Å². The van der Waals surface area contributed by atoms with Gasteiger partial charge < -0.3 is 10.0 Å². The van der Waals surface area contributed by atoms with E-state index in [-0.39, 0.29) is 5.92 Å². The van der Waals surface area contributed by atoms with Gasteiger partial charge in [0, 0.05) is 18.8 Å². The fourth-order valence-corrected chi connectivity index (χ4v) is 2.74. The van der Waals surface area contributed by atoms with Crippen molar-refractivity contribution in [3.63, 3.8) is 0 Å². The van der Waals surface area contributed by atoms with E-state index in [1.54, 1.807) is 0 Å². The number of carboxylic acids is 1. The van der Waals surface area contributed by atoms with E-state index in [1.807, 2.05) is 18.2 Å². The molecule has 1 N–H and O–H groups in total. The van der Waals surface area contributed by atoms with Crippen LogP contribution in [0.25, 0.3) is 0 Å². The Bertz CT molecular complexity index is 378. The van der Waals surface area contributed by atoms with Gasteiger partial charge in [-0.25, -0.2) is 0 Å². The van der Waals surface area contributed by atoms with Gasteiger partial charge in [0.05, 0.1) is 5.92 Å². The summed E-state index contributed by atoms with van der Waals surface area (Å²) in [6.07, 6.45) is 0. The zero-order valence-corrected chi connectivity index (χ0v) is 8.34. The number of piperidine rings is 1. The van der Waals surface area contributed by atoms with Crippen LogP contribution in [0.3, 0.4) is 0 Å². The first-order chi connectivity index (χ1) is 7.27. The lowest BCUT2D eigenvalue weighted by atomic mass is 10.2. The molecule has 2 unspecified atom stereocenters. The molecule has 0 bridgehead atoms. The minimum absolute atomic E-state index is 0.0648. The zero-order chi connectivity index (χ0) is 10.4. The molecule has 1 saturated heterocycles. The van der Waals surface area contributed by atoms with Gasteiger partial charge in [0.25, 0.3) is 0 Å². The number of benzene rings is 1. The Morgan fingerprint density at radius 3 is 2.33 bits per heavy atom. The summed E-state index contributed by atoms with van der Waals surface area (Å²) in [7, 11) is 0. The Balaban J connectivity index is 1.70. The van der Waals surface area contributed by atoms with Gasteiger partial charge in [0.1, 0.15) is 0 Å². The lowest BCUT2D eigenvalue weighted by Gasteiger charge is -2.21. The van der Waals surface area contributed by atoms with Crippen molar-refractivity contribution in [2.75, 3.05) is 18.0 Å². The number of hydrogen-bond acceptors (Lipinski definition) is 2. The van der Waals surface area contributed by atoms with Crippen LogP contribution in [0, 0.1) is 17.8 Å². The summed E-state index contributed by atoms with van der Waals surface area (Å²) in [4.78, 5) is 13.1. The molecule has 2 aliphatic rings. The lowest BCUT2D eigenvalue weighted by Crippen LogP contribution is -2.25. The zero-order valence-electron chi connectivity index (χ0n) is 8.34. The third-order valence-electron chi connectivity index (χ3n) is 3.60. The molecular formula is C12H13NO2. The number of carboxylic acid groups (broad SMARTS) is 1. The van der Waals surface area contributed by atoms with Crippen LogP contribution in [0.5, 0.6) is 0 Å². The monoisotopic (exact) mass is 203 g/mol. The number of para-hydroxylation sites is 1. The first-order valence-corrected chi connectivity index (χ1v) is 5.30. The maximum atomic E-state index is 10.8. The highest BCUT2D eigenvalue weighted by molar-refractivity contribution is 5.75. The summed E-state index contributed by atoms with van der Waals surface area (Å²) in [5.41, 5.74) is 1.22. The van der Waals surface area contributed by atoms with Crippen molar-refractivity contribution >= 4 is 11.7 Å². The third kappa shape index (κ3) is 1.30. The normalized spacial score (nSPS) is 32.5. The van der Waals surface area contributed by atoms with Gasteiger partial charge in [0.15, 0.2) is 0 Å². The number of nitrogens with zero attached hydrogens (tertiary/aromatic N) is 1. The van der Waals surface area contributed by atoms with E-state index in [2.05, 4.69) is 17.0 Å². The average Bonchev–Trinajstić information content (AvgIpc) is 2.77. The van der Waals surface area contributed by atoms with Crippen molar-refractivity contribution in [1.29, 1.82) is 0 Å². The second-order valence-corrected chi connectivity index (χ2v) is 4.43. The molecule has 78 valence electrons. The molecule has 1 aliphatic carbocycles. The van der Waals surface area contributed by atoms with Crippen molar-refractivity contribution in [1.82, 2.24) is 0 Å². The number of anilines is 1. The fraction of sp³-hybridized carbons (Fsp3) is 0.417. The predicted octanol–water partition coefficient (Wildman–Crippen LogP) is 1.45. The third-order valence-corrected chi connectivity index (χ3v) is 3.60. The maximum Gasteiger partial charge on any atom is 0.307 e. The summed E-state index contributed by atoms with van der Waals surface area (Å²) in [5, 5.41) is 8.90. The Morgan fingerprint density at radius 1 is 1.20 bits per heavy atom. The SMILES string of the molecule is O=C(O)C1C2CN(c3ccccc3)CC21. The van der Waals surface area contributed by atoms with E-state index in [1.165, 1.54) is 5.69 Å². The number of fused-ring (bicyclic) bond motifs is 1. The molecule has 1 aromatic rings. The van der Waals surface area contributed by atoms with Crippen molar-refractivity contribution in [3.05, 3.63) is 30.3 Å². The van der Waals surface area contributed by atoms with E-state index in [4.69, 9.17) is 5.11 Å². The summed E-state index contributed by atoms with van der Waals surface area (Å²) in [6.45, 7) is 1.82. The number of carbonyl (C=O) groups is 1. The van der Waals surface area contributed by atoms with Gasteiger partial charge in [0.2, 0.25) is 0 Å². The number of hydrogen-bond donors (Lipinski definition) is 1. The minimum Gasteiger partial charge on any atom is -0.481 e. The maximum absolute atomic E-state index is 10.8. The van der Waals surface area contributed by atoms with E-state index in [9.17, 15) is 4.79 Å². The molecule has 3 nitrogen and oxygen atoms in total. The standard InChI is InChI=1S/C12H13NO2/c14-12(15)11-9-6-13(7-10(9)11)8-4-2-1-3-5-8/h1-5,9-11H,6-7H2,(H,14,15). The topological polar surface area (TPSA) is 40.5 Å². The van der Waals surface area contributed by atoms with Crippen LogP contribution in [0.4, 0.5) is 5.69 Å². The Labute approximate surface area is 88.3 Å². The van der Waals surface area contributed by atoms with Crippen LogP contribution >= 0.6 is 0 Å². The second-order valence-electron chi connectivity index (χ2n) is 4.43. The summed E-state index contributed by atoms with van der Waals surface area (Å²) >= 11 is 0. The molecule has 0 spiro atoms. The van der Waals surface area contributed by atoms with Gasteiger partial charge in [-0.2, -0.15) is 0 Å². The highest BCUT2D eigenvalue weighted by atomic mass is 16.4. The van der Waals surface area contributed by atoms with Crippen molar-refractivity contribution in [2.24, 2.45) is 17.8 Å². The summed E-state index contributed by atoms with van der Waals surface area (Å²) < 4.78 is 0. The van der Waals surface area contributed by atoms with Crippen LogP contribution in [0.2, 0.25) is 0 Å². The highest BCUT2D eigenvalue weighted by Gasteiger charge is 2.59. The van der Waals surface area contributed by atoms with Crippen LogP contribution in [0.15, 0.2) is 30.3 Å². The molecule has 0 amide bonds. The molecule has 15 heavy (non-hydrogen) atoms. The van der Waals surface area contributed by atoms with E-state index in [0.717, 1.165) is 13.1 Å². The molecule has 1 heterocycles. The largest absolute Gasteiger partial charge is 0.481 e. The number of rotatable bonds is 2. The van der Waals surface area contributed by atoms with Gasteiger partial charge in [-0.3, -0.25) is 4.79 Å². The number of aliphatic carboxylic acids is 1. The smallest absolute Gasteiger partial charge is 0.307 e. The average molecular weight is 203 g/mol. The van der Waals surface area contributed by atoms with Gasteiger partial charge in [-0.05, 0) is 24.0 Å². The second kappa shape index (κ2) is 2.99. The van der Waals surface area contributed by atoms with Crippen molar-refractivity contribution in [3.8, 4) is 0 Å². The van der Waals surface area contributed by atoms with Gasteiger partial charge in [-0.15, -0.1) is 0 Å². The Hall–Kier alpha value is -1.51. The molecule has 1 aromatic carbocycles. The quantitative estimate of drug-likeness (QED) is 0.791. The van der Waals surface area contributed by atoms with Crippen LogP contribution in [-0.4, -0.2) is 24.2 Å². The molecule has 0 radical (unpaired) electrons. The molecule has 3 heteroatoms. The first kappa shape index (κ1) is 8.77.